The molecule has 48 valence electrons. The second-order valence-corrected chi connectivity index (χ2v) is 2.21. The zero-order valence-electron chi connectivity index (χ0n) is 4.84. The zero-order chi connectivity index (χ0) is 6.69. The van der Waals surface area contributed by atoms with Crippen LogP contribution in [-0.4, -0.2) is 17.3 Å². The van der Waals surface area contributed by atoms with E-state index in [1.54, 1.807) is 19.2 Å². The van der Waals surface area contributed by atoms with Crippen molar-refractivity contribution in [3.63, 3.8) is 0 Å². The molecule has 4 heteroatoms. The van der Waals surface area contributed by atoms with Crippen molar-refractivity contribution in [1.82, 2.24) is 10.2 Å². The lowest BCUT2D eigenvalue weighted by Gasteiger charge is -1.93. The first kappa shape index (κ1) is 6.48. The monoisotopic (exact) mass is 188 g/mol. The minimum Gasteiger partial charge on any atom is -0.480 e. The molecule has 0 radical (unpaired) electrons. The van der Waals surface area contributed by atoms with Gasteiger partial charge in [-0.15, -0.1) is 10.2 Å². The number of hydrogen-bond donors (Lipinski definition) is 0. The predicted octanol–water partition coefficient (Wildman–Crippen LogP) is 1.25. The maximum Gasteiger partial charge on any atom is 0.233 e. The minimum atomic E-state index is 0.526. The highest BCUT2D eigenvalue weighted by atomic mass is 79.9. The maximum atomic E-state index is 4.77. The Morgan fingerprint density at radius 2 is 2.22 bits per heavy atom. The van der Waals surface area contributed by atoms with Gasteiger partial charge in [0, 0.05) is 6.07 Å². The zero-order valence-corrected chi connectivity index (χ0v) is 6.42. The number of ether oxygens (including phenoxy) is 1. The molecule has 0 saturated heterocycles. The van der Waals surface area contributed by atoms with Crippen molar-refractivity contribution in [3.05, 3.63) is 16.7 Å². The summed E-state index contributed by atoms with van der Waals surface area (Å²) in [4.78, 5) is 0. The first-order valence-corrected chi connectivity index (χ1v) is 3.15. The van der Waals surface area contributed by atoms with Crippen LogP contribution >= 0.6 is 15.9 Å². The molecule has 0 amide bonds. The van der Waals surface area contributed by atoms with Gasteiger partial charge in [0.1, 0.15) is 4.60 Å². The molecule has 1 rings (SSSR count). The van der Waals surface area contributed by atoms with Crippen LogP contribution in [0, 0.1) is 0 Å². The highest BCUT2D eigenvalue weighted by molar-refractivity contribution is 9.10. The number of nitrogens with zero attached hydrogens (tertiary/aromatic N) is 2. The molecule has 3 nitrogen and oxygen atoms in total. The third-order valence-corrected chi connectivity index (χ3v) is 1.24. The second kappa shape index (κ2) is 2.77. The fourth-order valence-electron chi connectivity index (χ4n) is 0.413. The molecule has 9 heavy (non-hydrogen) atoms. The summed E-state index contributed by atoms with van der Waals surface area (Å²) in [6, 6.07) is 3.50. The largest absolute Gasteiger partial charge is 0.480 e. The number of rotatable bonds is 1. The van der Waals surface area contributed by atoms with E-state index < -0.39 is 0 Å². The van der Waals surface area contributed by atoms with Crippen LogP contribution in [0.4, 0.5) is 0 Å². The Bertz CT molecular complexity index is 187. The van der Waals surface area contributed by atoms with Crippen molar-refractivity contribution >= 4 is 15.9 Å². The summed E-state index contributed by atoms with van der Waals surface area (Å²) in [7, 11) is 1.55. The molecule has 0 aromatic carbocycles. The van der Waals surface area contributed by atoms with Crippen LogP contribution in [0.25, 0.3) is 0 Å². The standard InChI is InChI=1S/C5H5BrN2O/c1-9-5-3-2-4(6)7-8-5/h2-3H,1H3. The molecule has 1 heterocycles. The molecule has 0 spiro atoms. The van der Waals surface area contributed by atoms with Crippen molar-refractivity contribution < 1.29 is 4.74 Å². The SMILES string of the molecule is COc1ccc(Br)nn1. The molecular weight excluding hydrogens is 184 g/mol. The Morgan fingerprint density at radius 1 is 1.44 bits per heavy atom. The van der Waals surface area contributed by atoms with Crippen LogP contribution in [0.5, 0.6) is 5.88 Å². The molecular formula is C5H5BrN2O. The van der Waals surface area contributed by atoms with Crippen LogP contribution in [0.1, 0.15) is 0 Å². The summed E-state index contributed by atoms with van der Waals surface area (Å²) < 4.78 is 5.49. The van der Waals surface area contributed by atoms with Gasteiger partial charge >= 0.3 is 0 Å². The summed E-state index contributed by atoms with van der Waals surface area (Å²) in [6.45, 7) is 0. The summed E-state index contributed by atoms with van der Waals surface area (Å²) in [5, 5.41) is 7.37. The summed E-state index contributed by atoms with van der Waals surface area (Å²) in [5.41, 5.74) is 0. The Morgan fingerprint density at radius 3 is 2.67 bits per heavy atom. The first-order chi connectivity index (χ1) is 4.33. The van der Waals surface area contributed by atoms with Gasteiger partial charge in [0.05, 0.1) is 7.11 Å². The van der Waals surface area contributed by atoms with E-state index in [2.05, 4.69) is 26.1 Å². The fraction of sp³-hybridized carbons (Fsp3) is 0.200. The summed E-state index contributed by atoms with van der Waals surface area (Å²) in [5.74, 6) is 0.526. The van der Waals surface area contributed by atoms with Gasteiger partial charge in [0.25, 0.3) is 0 Å². The van der Waals surface area contributed by atoms with E-state index in [1.165, 1.54) is 0 Å². The average Bonchev–Trinajstić information content (AvgIpc) is 1.90. The second-order valence-electron chi connectivity index (χ2n) is 1.40. The van der Waals surface area contributed by atoms with Crippen molar-refractivity contribution in [1.29, 1.82) is 0 Å². The first-order valence-electron chi connectivity index (χ1n) is 2.36. The van der Waals surface area contributed by atoms with Gasteiger partial charge in [-0.1, -0.05) is 0 Å². The third-order valence-electron chi connectivity index (χ3n) is 0.817. The quantitative estimate of drug-likeness (QED) is 0.666. The van der Waals surface area contributed by atoms with Crippen molar-refractivity contribution in [2.45, 2.75) is 0 Å². The van der Waals surface area contributed by atoms with Crippen LogP contribution in [-0.2, 0) is 0 Å². The third kappa shape index (κ3) is 1.64. The Hall–Kier alpha value is -0.640. The van der Waals surface area contributed by atoms with E-state index >= 15 is 0 Å². The Balaban J connectivity index is 2.88. The number of halogens is 1. The normalized spacial score (nSPS) is 9.11. The van der Waals surface area contributed by atoms with Gasteiger partial charge in [-0.05, 0) is 22.0 Å². The molecule has 0 aliphatic carbocycles. The molecule has 0 aliphatic heterocycles. The lowest BCUT2D eigenvalue weighted by Crippen LogP contribution is -1.88. The highest BCUT2D eigenvalue weighted by Gasteiger charge is 1.90. The molecule has 0 saturated carbocycles. The molecule has 0 atom stereocenters. The van der Waals surface area contributed by atoms with Gasteiger partial charge in [-0.2, -0.15) is 0 Å². The van der Waals surface area contributed by atoms with Gasteiger partial charge in [-0.3, -0.25) is 0 Å². The average molecular weight is 189 g/mol. The lowest BCUT2D eigenvalue weighted by molar-refractivity contribution is 0.391. The predicted molar refractivity (Wildman–Crippen MR) is 36.3 cm³/mol. The summed E-state index contributed by atoms with van der Waals surface area (Å²) >= 11 is 3.15. The van der Waals surface area contributed by atoms with E-state index in [0.29, 0.717) is 10.5 Å². The molecule has 0 unspecified atom stereocenters. The molecule has 0 fully saturated rings. The highest BCUT2D eigenvalue weighted by Crippen LogP contribution is 2.07. The minimum absolute atomic E-state index is 0.526. The summed E-state index contributed by atoms with van der Waals surface area (Å²) in [6.07, 6.45) is 0. The van der Waals surface area contributed by atoms with E-state index in [0.717, 1.165) is 0 Å². The lowest BCUT2D eigenvalue weighted by atomic mass is 10.6. The Labute approximate surface area is 61.2 Å². The number of methoxy groups -OCH3 is 1. The van der Waals surface area contributed by atoms with Gasteiger partial charge in [0.2, 0.25) is 5.88 Å². The molecule has 0 bridgehead atoms. The van der Waals surface area contributed by atoms with Crippen molar-refractivity contribution in [2.75, 3.05) is 7.11 Å². The smallest absolute Gasteiger partial charge is 0.233 e. The van der Waals surface area contributed by atoms with Crippen LogP contribution in [0.2, 0.25) is 0 Å². The van der Waals surface area contributed by atoms with E-state index in [9.17, 15) is 0 Å². The topological polar surface area (TPSA) is 35.0 Å². The van der Waals surface area contributed by atoms with Gasteiger partial charge in [-0.25, -0.2) is 0 Å². The van der Waals surface area contributed by atoms with Crippen LogP contribution < -0.4 is 4.74 Å². The van der Waals surface area contributed by atoms with E-state index in [-0.39, 0.29) is 0 Å². The molecule has 0 aliphatic rings. The van der Waals surface area contributed by atoms with Crippen molar-refractivity contribution in [2.24, 2.45) is 0 Å². The van der Waals surface area contributed by atoms with Crippen molar-refractivity contribution in [3.8, 4) is 5.88 Å². The fourth-order valence-corrected chi connectivity index (χ4v) is 0.624. The van der Waals surface area contributed by atoms with E-state index in [1.807, 2.05) is 0 Å². The molecule has 0 N–H and O–H groups in total. The number of aromatic nitrogens is 2. The van der Waals surface area contributed by atoms with Crippen LogP contribution in [0.3, 0.4) is 0 Å². The van der Waals surface area contributed by atoms with Crippen LogP contribution in [0.15, 0.2) is 16.7 Å². The van der Waals surface area contributed by atoms with Gasteiger partial charge < -0.3 is 4.74 Å². The number of hydrogen-bond acceptors (Lipinski definition) is 3. The van der Waals surface area contributed by atoms with E-state index in [4.69, 9.17) is 4.74 Å². The van der Waals surface area contributed by atoms with Gasteiger partial charge in [0.15, 0.2) is 0 Å². The molecule has 1 aromatic heterocycles. The Kier molecular flexibility index (Phi) is 2.00. The maximum absolute atomic E-state index is 4.77. The molecule has 1 aromatic rings.